The number of likely N-dealkylation sites (N-methyl/N-ethyl adjacent to an activating group) is 1. The standard InChI is InChI=1S/C16H29N7/c1-12-14(13(2)22(6)18-12)10-21(5)9-8-16-17-15(11-20(3)4)19-23(16)7/h8-11H2,1-7H3. The van der Waals surface area contributed by atoms with Crippen LogP contribution < -0.4 is 0 Å². The van der Waals surface area contributed by atoms with Crippen molar-refractivity contribution < 1.29 is 0 Å². The molecule has 0 radical (unpaired) electrons. The highest BCUT2D eigenvalue weighted by molar-refractivity contribution is 5.24. The quantitative estimate of drug-likeness (QED) is 0.759. The van der Waals surface area contributed by atoms with E-state index in [1.807, 2.05) is 37.6 Å². The lowest BCUT2D eigenvalue weighted by molar-refractivity contribution is 0.325. The number of nitrogens with zero attached hydrogens (tertiary/aromatic N) is 7. The van der Waals surface area contributed by atoms with Crippen molar-refractivity contribution in [2.75, 3.05) is 27.7 Å². The molecule has 7 heteroatoms. The zero-order valence-corrected chi connectivity index (χ0v) is 15.5. The van der Waals surface area contributed by atoms with E-state index in [-0.39, 0.29) is 0 Å². The number of aromatic nitrogens is 5. The summed E-state index contributed by atoms with van der Waals surface area (Å²) in [6, 6.07) is 0. The van der Waals surface area contributed by atoms with Gasteiger partial charge in [-0.3, -0.25) is 9.36 Å². The Morgan fingerprint density at radius 3 is 2.22 bits per heavy atom. The van der Waals surface area contributed by atoms with Gasteiger partial charge in [0.25, 0.3) is 0 Å². The number of aryl methyl sites for hydroxylation is 3. The molecule has 0 fully saturated rings. The van der Waals surface area contributed by atoms with E-state index in [1.165, 1.54) is 11.3 Å². The number of hydrogen-bond donors (Lipinski definition) is 0. The SMILES string of the molecule is Cc1nn(C)c(C)c1CN(C)CCc1nc(CN(C)C)nn1C. The van der Waals surface area contributed by atoms with Crippen molar-refractivity contribution in [1.82, 2.24) is 34.3 Å². The first kappa shape index (κ1) is 17.6. The van der Waals surface area contributed by atoms with Crippen molar-refractivity contribution >= 4 is 0 Å². The van der Waals surface area contributed by atoms with Gasteiger partial charge in [0, 0.05) is 44.9 Å². The summed E-state index contributed by atoms with van der Waals surface area (Å²) in [6.07, 6.45) is 0.895. The van der Waals surface area contributed by atoms with Crippen LogP contribution in [0.3, 0.4) is 0 Å². The van der Waals surface area contributed by atoms with Gasteiger partial charge < -0.3 is 9.80 Å². The summed E-state index contributed by atoms with van der Waals surface area (Å²) >= 11 is 0. The van der Waals surface area contributed by atoms with Gasteiger partial charge in [0.1, 0.15) is 5.82 Å². The maximum atomic E-state index is 4.64. The van der Waals surface area contributed by atoms with E-state index in [4.69, 9.17) is 0 Å². The van der Waals surface area contributed by atoms with Crippen LogP contribution in [0.25, 0.3) is 0 Å². The van der Waals surface area contributed by atoms with Gasteiger partial charge in [0.15, 0.2) is 5.82 Å². The summed E-state index contributed by atoms with van der Waals surface area (Å²) in [5.41, 5.74) is 3.67. The predicted octanol–water partition coefficient (Wildman–Crippen LogP) is 0.902. The van der Waals surface area contributed by atoms with Crippen molar-refractivity contribution in [3.05, 3.63) is 28.6 Å². The van der Waals surface area contributed by atoms with Crippen LogP contribution in [0.1, 0.15) is 28.6 Å². The molecular formula is C16H29N7. The monoisotopic (exact) mass is 319 g/mol. The molecule has 0 saturated heterocycles. The molecule has 0 bridgehead atoms. The van der Waals surface area contributed by atoms with Gasteiger partial charge in [-0.25, -0.2) is 4.98 Å². The van der Waals surface area contributed by atoms with Crippen LogP contribution in [-0.4, -0.2) is 62.0 Å². The van der Waals surface area contributed by atoms with Gasteiger partial charge in [0.05, 0.1) is 12.2 Å². The van der Waals surface area contributed by atoms with Crippen molar-refractivity contribution in [3.8, 4) is 0 Å². The Bertz CT molecular complexity index is 654. The Morgan fingerprint density at radius 2 is 1.65 bits per heavy atom. The largest absolute Gasteiger partial charge is 0.302 e. The van der Waals surface area contributed by atoms with E-state index in [2.05, 4.69) is 45.9 Å². The highest BCUT2D eigenvalue weighted by atomic mass is 15.3. The second-order valence-electron chi connectivity index (χ2n) is 6.57. The van der Waals surface area contributed by atoms with Gasteiger partial charge in [-0.1, -0.05) is 0 Å². The highest BCUT2D eigenvalue weighted by Gasteiger charge is 2.13. The molecule has 0 aliphatic rings. The van der Waals surface area contributed by atoms with Gasteiger partial charge in [-0.15, -0.1) is 0 Å². The molecule has 2 rings (SSSR count). The first-order valence-corrected chi connectivity index (χ1v) is 7.99. The molecule has 0 aliphatic heterocycles. The molecule has 2 aromatic heterocycles. The molecule has 0 aromatic carbocycles. The molecule has 0 amide bonds. The smallest absolute Gasteiger partial charge is 0.164 e. The third-order valence-corrected chi connectivity index (χ3v) is 4.16. The van der Waals surface area contributed by atoms with Crippen LogP contribution in [0.2, 0.25) is 0 Å². The van der Waals surface area contributed by atoms with Crippen molar-refractivity contribution in [3.63, 3.8) is 0 Å². The van der Waals surface area contributed by atoms with Crippen LogP contribution in [-0.2, 0) is 33.6 Å². The molecule has 2 heterocycles. The Hall–Kier alpha value is -1.73. The molecule has 0 saturated carbocycles. The topological polar surface area (TPSA) is 55.0 Å². The molecule has 0 unspecified atom stereocenters. The van der Waals surface area contributed by atoms with Crippen molar-refractivity contribution in [2.24, 2.45) is 14.1 Å². The Labute approximate surface area is 138 Å². The second kappa shape index (κ2) is 7.23. The maximum absolute atomic E-state index is 4.64. The summed E-state index contributed by atoms with van der Waals surface area (Å²) in [6.45, 7) is 6.83. The fraction of sp³-hybridized carbons (Fsp3) is 0.688. The summed E-state index contributed by atoms with van der Waals surface area (Å²) in [5.74, 6) is 1.92. The van der Waals surface area contributed by atoms with Gasteiger partial charge in [-0.05, 0) is 35.0 Å². The Balaban J connectivity index is 1.94. The zero-order chi connectivity index (χ0) is 17.1. The molecule has 7 nitrogen and oxygen atoms in total. The molecular weight excluding hydrogens is 290 g/mol. The summed E-state index contributed by atoms with van der Waals surface area (Å²) < 4.78 is 3.85. The first-order valence-electron chi connectivity index (χ1n) is 7.99. The summed E-state index contributed by atoms with van der Waals surface area (Å²) in [4.78, 5) is 9.03. The minimum Gasteiger partial charge on any atom is -0.302 e. The maximum Gasteiger partial charge on any atom is 0.164 e. The van der Waals surface area contributed by atoms with Crippen LogP contribution >= 0.6 is 0 Å². The second-order valence-corrected chi connectivity index (χ2v) is 6.57. The van der Waals surface area contributed by atoms with E-state index in [1.54, 1.807) is 0 Å². The lowest BCUT2D eigenvalue weighted by atomic mass is 10.2. The van der Waals surface area contributed by atoms with Gasteiger partial charge >= 0.3 is 0 Å². The molecule has 23 heavy (non-hydrogen) atoms. The minimum absolute atomic E-state index is 0.776. The highest BCUT2D eigenvalue weighted by Crippen LogP contribution is 2.14. The van der Waals surface area contributed by atoms with E-state index in [0.717, 1.165) is 43.4 Å². The van der Waals surface area contributed by atoms with E-state index < -0.39 is 0 Å². The fourth-order valence-electron chi connectivity index (χ4n) is 2.73. The lowest BCUT2D eigenvalue weighted by Crippen LogP contribution is -2.22. The third kappa shape index (κ3) is 4.39. The average Bonchev–Trinajstić information content (AvgIpc) is 2.90. The van der Waals surface area contributed by atoms with E-state index in [9.17, 15) is 0 Å². The average molecular weight is 319 g/mol. The summed E-state index contributed by atoms with van der Waals surface area (Å²) in [7, 11) is 10.2. The van der Waals surface area contributed by atoms with Crippen LogP contribution in [0.5, 0.6) is 0 Å². The van der Waals surface area contributed by atoms with Crippen LogP contribution in [0.15, 0.2) is 0 Å². The van der Waals surface area contributed by atoms with Gasteiger partial charge in [-0.2, -0.15) is 10.2 Å². The minimum atomic E-state index is 0.776. The molecule has 2 aromatic rings. The van der Waals surface area contributed by atoms with Crippen LogP contribution in [0, 0.1) is 13.8 Å². The zero-order valence-electron chi connectivity index (χ0n) is 15.5. The fourth-order valence-corrected chi connectivity index (χ4v) is 2.73. The third-order valence-electron chi connectivity index (χ3n) is 4.16. The molecule has 0 atom stereocenters. The lowest BCUT2D eigenvalue weighted by Gasteiger charge is -2.16. The molecule has 0 aliphatic carbocycles. The van der Waals surface area contributed by atoms with Crippen LogP contribution in [0.4, 0.5) is 0 Å². The molecule has 128 valence electrons. The number of hydrogen-bond acceptors (Lipinski definition) is 5. The Morgan fingerprint density at radius 1 is 0.957 bits per heavy atom. The normalized spacial score (nSPS) is 11.9. The first-order chi connectivity index (χ1) is 10.8. The van der Waals surface area contributed by atoms with Crippen molar-refractivity contribution in [1.29, 1.82) is 0 Å². The van der Waals surface area contributed by atoms with E-state index in [0.29, 0.717) is 0 Å². The van der Waals surface area contributed by atoms with Gasteiger partial charge in [0.2, 0.25) is 0 Å². The van der Waals surface area contributed by atoms with Crippen molar-refractivity contribution in [2.45, 2.75) is 33.4 Å². The number of rotatable bonds is 7. The summed E-state index contributed by atoms with van der Waals surface area (Å²) in [5, 5.41) is 8.96. The van der Waals surface area contributed by atoms with E-state index >= 15 is 0 Å². The molecule has 0 N–H and O–H groups in total. The molecule has 0 spiro atoms. The Kier molecular flexibility index (Phi) is 5.54. The predicted molar refractivity (Wildman–Crippen MR) is 91.1 cm³/mol.